The van der Waals surface area contributed by atoms with Crippen LogP contribution in [0.4, 0.5) is 11.4 Å². The van der Waals surface area contributed by atoms with E-state index in [4.69, 9.17) is 14.2 Å². The van der Waals surface area contributed by atoms with E-state index in [1.54, 1.807) is 30.3 Å². The predicted molar refractivity (Wildman–Crippen MR) is 103 cm³/mol. The first kappa shape index (κ1) is 19.3. The number of aromatic hydroxyl groups is 1. The van der Waals surface area contributed by atoms with E-state index in [1.807, 2.05) is 0 Å². The molecule has 1 saturated heterocycles. The van der Waals surface area contributed by atoms with Gasteiger partial charge in [0.25, 0.3) is 0 Å². The number of benzene rings is 2. The maximum Gasteiger partial charge on any atom is 0.229 e. The Kier molecular flexibility index (Phi) is 5.58. The normalized spacial score (nSPS) is 16.0. The minimum atomic E-state index is -0.550. The van der Waals surface area contributed by atoms with Gasteiger partial charge < -0.3 is 29.5 Å². The molecular formula is C20H22N2O6. The summed E-state index contributed by atoms with van der Waals surface area (Å²) in [6.45, 7) is 0.205. The Balaban J connectivity index is 1.81. The number of carbonyl (C=O) groups excluding carboxylic acids is 2. The van der Waals surface area contributed by atoms with Crippen molar-refractivity contribution in [1.29, 1.82) is 0 Å². The van der Waals surface area contributed by atoms with Crippen molar-refractivity contribution in [2.45, 2.75) is 6.42 Å². The molecule has 2 aromatic rings. The minimum Gasteiger partial charge on any atom is -0.506 e. The van der Waals surface area contributed by atoms with Crippen molar-refractivity contribution < 1.29 is 28.9 Å². The molecule has 1 atom stereocenters. The van der Waals surface area contributed by atoms with Gasteiger partial charge in [-0.1, -0.05) is 12.1 Å². The second-order valence-corrected chi connectivity index (χ2v) is 6.30. The summed E-state index contributed by atoms with van der Waals surface area (Å²) in [5, 5.41) is 12.5. The lowest BCUT2D eigenvalue weighted by atomic mass is 10.1. The standard InChI is InChI=1S/C20H22N2O6/c1-26-16-9-13(10-17(27-2)19(16)28-3)22-11-12(8-18(22)24)20(25)21-14-6-4-5-7-15(14)23/h4-7,9-10,12,23H,8,11H2,1-3H3,(H,21,25). The van der Waals surface area contributed by atoms with E-state index in [0.29, 0.717) is 28.6 Å². The second-order valence-electron chi connectivity index (χ2n) is 6.30. The van der Waals surface area contributed by atoms with Gasteiger partial charge in [0.15, 0.2) is 11.5 Å². The minimum absolute atomic E-state index is 0.0262. The number of hydrogen-bond acceptors (Lipinski definition) is 6. The quantitative estimate of drug-likeness (QED) is 0.740. The molecule has 1 heterocycles. The maximum absolute atomic E-state index is 12.6. The molecule has 2 aromatic carbocycles. The third-order valence-corrected chi connectivity index (χ3v) is 4.62. The summed E-state index contributed by atoms with van der Waals surface area (Å²) in [6, 6.07) is 9.79. The van der Waals surface area contributed by atoms with Crippen LogP contribution in [0.2, 0.25) is 0 Å². The molecule has 0 saturated carbocycles. The van der Waals surface area contributed by atoms with E-state index >= 15 is 0 Å². The van der Waals surface area contributed by atoms with Crippen molar-refractivity contribution in [3.63, 3.8) is 0 Å². The second kappa shape index (κ2) is 8.08. The van der Waals surface area contributed by atoms with Gasteiger partial charge in [-0.05, 0) is 12.1 Å². The van der Waals surface area contributed by atoms with Crippen molar-refractivity contribution in [3.8, 4) is 23.0 Å². The first-order valence-corrected chi connectivity index (χ1v) is 8.67. The van der Waals surface area contributed by atoms with Gasteiger partial charge in [-0.3, -0.25) is 9.59 Å². The number of ether oxygens (including phenoxy) is 3. The van der Waals surface area contributed by atoms with Gasteiger partial charge in [-0.25, -0.2) is 0 Å². The fourth-order valence-electron chi connectivity index (χ4n) is 3.17. The van der Waals surface area contributed by atoms with Crippen molar-refractivity contribution >= 4 is 23.2 Å². The Morgan fingerprint density at radius 3 is 2.32 bits per heavy atom. The highest BCUT2D eigenvalue weighted by Crippen LogP contribution is 2.42. The van der Waals surface area contributed by atoms with Crippen LogP contribution in [0.15, 0.2) is 36.4 Å². The first-order valence-electron chi connectivity index (χ1n) is 8.67. The highest BCUT2D eigenvalue weighted by atomic mass is 16.5. The number of rotatable bonds is 6. The van der Waals surface area contributed by atoms with E-state index in [2.05, 4.69) is 5.32 Å². The van der Waals surface area contributed by atoms with Crippen LogP contribution >= 0.6 is 0 Å². The molecule has 28 heavy (non-hydrogen) atoms. The number of methoxy groups -OCH3 is 3. The van der Waals surface area contributed by atoms with Gasteiger partial charge in [-0.15, -0.1) is 0 Å². The molecule has 0 radical (unpaired) electrons. The molecule has 0 aromatic heterocycles. The van der Waals surface area contributed by atoms with Crippen LogP contribution in [0, 0.1) is 5.92 Å². The van der Waals surface area contributed by atoms with Gasteiger partial charge in [0.05, 0.1) is 38.6 Å². The smallest absolute Gasteiger partial charge is 0.229 e. The summed E-state index contributed by atoms with van der Waals surface area (Å²) in [5.74, 6) is 0.178. The lowest BCUT2D eigenvalue weighted by Gasteiger charge is -2.20. The third kappa shape index (κ3) is 3.66. The molecule has 3 rings (SSSR count). The van der Waals surface area contributed by atoms with Crippen molar-refractivity contribution in [2.75, 3.05) is 38.1 Å². The average Bonchev–Trinajstić information content (AvgIpc) is 3.10. The van der Waals surface area contributed by atoms with E-state index in [1.165, 1.54) is 32.3 Å². The molecule has 8 heteroatoms. The zero-order valence-corrected chi connectivity index (χ0v) is 15.9. The number of phenolic OH excluding ortho intramolecular Hbond substituents is 1. The van der Waals surface area contributed by atoms with Crippen molar-refractivity contribution in [1.82, 2.24) is 0 Å². The molecule has 8 nitrogen and oxygen atoms in total. The van der Waals surface area contributed by atoms with Gasteiger partial charge in [0.1, 0.15) is 5.75 Å². The van der Waals surface area contributed by atoms with Crippen LogP contribution in [0.1, 0.15) is 6.42 Å². The zero-order valence-electron chi connectivity index (χ0n) is 15.9. The number of carbonyl (C=O) groups is 2. The monoisotopic (exact) mass is 386 g/mol. The predicted octanol–water partition coefficient (Wildman–Crippen LogP) is 2.41. The van der Waals surface area contributed by atoms with Gasteiger partial charge in [-0.2, -0.15) is 0 Å². The molecule has 1 fully saturated rings. The van der Waals surface area contributed by atoms with Crippen LogP contribution in [0.5, 0.6) is 23.0 Å². The summed E-state index contributed by atoms with van der Waals surface area (Å²) in [7, 11) is 4.49. The Hall–Kier alpha value is -3.42. The number of nitrogens with zero attached hydrogens (tertiary/aromatic N) is 1. The van der Waals surface area contributed by atoms with Crippen molar-refractivity contribution in [3.05, 3.63) is 36.4 Å². The Morgan fingerprint density at radius 2 is 1.75 bits per heavy atom. The molecule has 2 N–H and O–H groups in total. The third-order valence-electron chi connectivity index (χ3n) is 4.62. The summed E-state index contributed by atoms with van der Waals surface area (Å²) in [5.41, 5.74) is 0.864. The molecule has 2 amide bonds. The number of para-hydroxylation sites is 2. The fraction of sp³-hybridized carbons (Fsp3) is 0.300. The lowest BCUT2D eigenvalue weighted by Crippen LogP contribution is -2.28. The number of amides is 2. The largest absolute Gasteiger partial charge is 0.506 e. The molecule has 0 bridgehead atoms. The van der Waals surface area contributed by atoms with Gasteiger partial charge in [0.2, 0.25) is 17.6 Å². The van der Waals surface area contributed by atoms with Crippen LogP contribution < -0.4 is 24.4 Å². The molecule has 1 unspecified atom stereocenters. The topological polar surface area (TPSA) is 97.3 Å². The number of hydrogen-bond donors (Lipinski definition) is 2. The zero-order chi connectivity index (χ0) is 20.3. The number of anilines is 2. The Labute approximate surface area is 162 Å². The Bertz CT molecular complexity index is 873. The molecule has 148 valence electrons. The highest BCUT2D eigenvalue weighted by Gasteiger charge is 2.36. The van der Waals surface area contributed by atoms with Gasteiger partial charge in [0, 0.05) is 25.1 Å². The SMILES string of the molecule is COc1cc(N2CC(C(=O)Nc3ccccc3O)CC2=O)cc(OC)c1OC. The van der Waals surface area contributed by atoms with E-state index in [-0.39, 0.29) is 30.5 Å². The summed E-state index contributed by atoms with van der Waals surface area (Å²) in [6.07, 6.45) is 0.0656. The summed E-state index contributed by atoms with van der Waals surface area (Å²) in [4.78, 5) is 26.6. The molecule has 1 aliphatic rings. The first-order chi connectivity index (χ1) is 13.5. The molecule has 1 aliphatic heterocycles. The lowest BCUT2D eigenvalue weighted by molar-refractivity contribution is -0.122. The van der Waals surface area contributed by atoms with Crippen LogP contribution in [-0.4, -0.2) is 44.8 Å². The van der Waals surface area contributed by atoms with Crippen LogP contribution in [0.3, 0.4) is 0 Å². The number of phenols is 1. The fourth-order valence-corrected chi connectivity index (χ4v) is 3.17. The van der Waals surface area contributed by atoms with Gasteiger partial charge >= 0.3 is 0 Å². The highest BCUT2D eigenvalue weighted by molar-refractivity contribution is 6.04. The molecule has 0 spiro atoms. The Morgan fingerprint density at radius 1 is 1.11 bits per heavy atom. The molecular weight excluding hydrogens is 364 g/mol. The average molecular weight is 386 g/mol. The van der Waals surface area contributed by atoms with E-state index in [0.717, 1.165) is 0 Å². The van der Waals surface area contributed by atoms with E-state index in [9.17, 15) is 14.7 Å². The van der Waals surface area contributed by atoms with Crippen LogP contribution in [0.25, 0.3) is 0 Å². The summed E-state index contributed by atoms with van der Waals surface area (Å²) < 4.78 is 16.0. The van der Waals surface area contributed by atoms with Crippen LogP contribution in [-0.2, 0) is 9.59 Å². The maximum atomic E-state index is 12.6. The molecule has 0 aliphatic carbocycles. The van der Waals surface area contributed by atoms with Crippen molar-refractivity contribution in [2.24, 2.45) is 5.92 Å². The summed E-state index contributed by atoms with van der Waals surface area (Å²) >= 11 is 0. The van der Waals surface area contributed by atoms with E-state index < -0.39 is 5.92 Å². The number of nitrogens with one attached hydrogen (secondary N) is 1.